The van der Waals surface area contributed by atoms with Gasteiger partial charge in [-0.15, -0.1) is 0 Å². The second kappa shape index (κ2) is 11.9. The van der Waals surface area contributed by atoms with Crippen molar-refractivity contribution in [2.75, 3.05) is 33.0 Å². The molecule has 2 aliphatic heterocycles. The third-order valence-corrected chi connectivity index (χ3v) is 8.78. The number of aryl methyl sites for hydroxylation is 1. The molecule has 0 aliphatic carbocycles. The van der Waals surface area contributed by atoms with Crippen LogP contribution in [0.5, 0.6) is 28.7 Å². The Hall–Kier alpha value is -5.22. The van der Waals surface area contributed by atoms with Gasteiger partial charge in [0.05, 0.1) is 0 Å². The van der Waals surface area contributed by atoms with Crippen LogP contribution in [0.15, 0.2) is 66.7 Å². The predicted octanol–water partition coefficient (Wildman–Crippen LogP) is 6.79. The first kappa shape index (κ1) is 29.5. The summed E-state index contributed by atoms with van der Waals surface area (Å²) >= 11 is 0. The van der Waals surface area contributed by atoms with E-state index in [2.05, 4.69) is 39.4 Å². The van der Waals surface area contributed by atoms with E-state index in [0.29, 0.717) is 41.6 Å². The number of carbonyl (C=O) groups is 1. The van der Waals surface area contributed by atoms with Crippen LogP contribution in [0.3, 0.4) is 0 Å². The van der Waals surface area contributed by atoms with Crippen molar-refractivity contribution < 1.29 is 29.2 Å². The third kappa shape index (κ3) is 5.56. The molecule has 1 fully saturated rings. The Morgan fingerprint density at radius 2 is 1.70 bits per heavy atom. The van der Waals surface area contributed by atoms with Gasteiger partial charge in [-0.1, -0.05) is 50.2 Å². The van der Waals surface area contributed by atoms with Crippen molar-refractivity contribution in [3.63, 3.8) is 0 Å². The lowest BCUT2D eigenvalue weighted by molar-refractivity contribution is 0.108. The van der Waals surface area contributed by atoms with Crippen LogP contribution in [0.1, 0.15) is 36.6 Å². The van der Waals surface area contributed by atoms with Crippen LogP contribution in [0.4, 0.5) is 4.79 Å². The van der Waals surface area contributed by atoms with Crippen LogP contribution in [0.2, 0.25) is 0 Å². The van der Waals surface area contributed by atoms with Gasteiger partial charge in [-0.3, -0.25) is 10.00 Å². The molecule has 0 bridgehead atoms. The number of hydrogen-bond acceptors (Lipinski definition) is 8. The third-order valence-electron chi connectivity index (χ3n) is 8.78. The Morgan fingerprint density at radius 1 is 0.957 bits per heavy atom. The second-order valence-corrected chi connectivity index (χ2v) is 12.2. The molecule has 236 valence electrons. The van der Waals surface area contributed by atoms with E-state index in [4.69, 9.17) is 14.2 Å². The fourth-order valence-electron chi connectivity index (χ4n) is 6.23. The molecular weight excluding hydrogens is 584 g/mol. The highest BCUT2D eigenvalue weighted by Gasteiger charge is 2.25. The number of ether oxygens (including phenoxy) is 3. The largest absolute Gasteiger partial charge is 0.508 e. The number of amides is 1. The van der Waals surface area contributed by atoms with Crippen molar-refractivity contribution in [2.45, 2.75) is 33.2 Å². The number of piperazine rings is 1. The number of nitrogens with one attached hydrogen (secondary N) is 1. The molecule has 0 radical (unpaired) electrons. The maximum Gasteiger partial charge on any atom is 0.415 e. The number of aromatic hydroxyl groups is 2. The van der Waals surface area contributed by atoms with Gasteiger partial charge in [0.2, 0.25) is 6.79 Å². The molecule has 4 aromatic carbocycles. The van der Waals surface area contributed by atoms with E-state index in [1.54, 1.807) is 11.0 Å². The summed E-state index contributed by atoms with van der Waals surface area (Å²) in [5, 5.41) is 30.3. The van der Waals surface area contributed by atoms with E-state index in [9.17, 15) is 15.0 Å². The normalized spacial score (nSPS) is 14.7. The zero-order chi connectivity index (χ0) is 31.9. The van der Waals surface area contributed by atoms with Gasteiger partial charge in [-0.05, 0) is 59.2 Å². The molecule has 0 spiro atoms. The molecule has 1 aromatic heterocycles. The standard InChI is InChI=1S/C36H36N4O6/c1-21(2)26-16-28(30(42)18-29(26)41)35-34(22(3)37-38-35)24-9-7-23(8-10-24)19-39-11-13-40(14-12-39)36(43)46-31-6-4-5-25-15-32-33(17-27(25)31)45-20-44-32/h4-10,15-18,21,41-42H,11-14,19-20H2,1-3H3,(H,37,38). The first-order valence-corrected chi connectivity index (χ1v) is 15.5. The summed E-state index contributed by atoms with van der Waals surface area (Å²) in [5.41, 5.74) is 5.91. The highest BCUT2D eigenvalue weighted by atomic mass is 16.7. The number of carbonyl (C=O) groups excluding carboxylic acids is 1. The van der Waals surface area contributed by atoms with Crippen molar-refractivity contribution in [3.8, 4) is 51.1 Å². The van der Waals surface area contributed by atoms with E-state index in [-0.39, 0.29) is 30.3 Å². The zero-order valence-electron chi connectivity index (χ0n) is 26.0. The molecule has 46 heavy (non-hydrogen) atoms. The van der Waals surface area contributed by atoms with Gasteiger partial charge < -0.3 is 29.3 Å². The minimum absolute atomic E-state index is 0.0146. The first-order valence-electron chi connectivity index (χ1n) is 15.5. The van der Waals surface area contributed by atoms with Gasteiger partial charge in [-0.2, -0.15) is 5.10 Å². The summed E-state index contributed by atoms with van der Waals surface area (Å²) in [6.45, 7) is 9.50. The molecule has 5 aromatic rings. The van der Waals surface area contributed by atoms with Crippen LogP contribution in [0, 0.1) is 6.92 Å². The maximum absolute atomic E-state index is 13.1. The Morgan fingerprint density at radius 3 is 2.43 bits per heavy atom. The van der Waals surface area contributed by atoms with Crippen molar-refractivity contribution in [1.29, 1.82) is 0 Å². The molecule has 0 saturated carbocycles. The Kier molecular flexibility index (Phi) is 7.66. The number of hydrogen-bond donors (Lipinski definition) is 3. The number of phenolic OH excluding ortho intramolecular Hbond substituents is 2. The summed E-state index contributed by atoms with van der Waals surface area (Å²) < 4.78 is 16.8. The first-order chi connectivity index (χ1) is 22.2. The fourth-order valence-corrected chi connectivity index (χ4v) is 6.23. The zero-order valence-corrected chi connectivity index (χ0v) is 26.0. The number of aromatic nitrogens is 2. The molecule has 7 rings (SSSR count). The minimum atomic E-state index is -0.361. The van der Waals surface area contributed by atoms with Gasteiger partial charge in [0.25, 0.3) is 0 Å². The van der Waals surface area contributed by atoms with Crippen molar-refractivity contribution in [3.05, 3.63) is 83.6 Å². The highest BCUT2D eigenvalue weighted by molar-refractivity contribution is 5.93. The topological polar surface area (TPSA) is 120 Å². The van der Waals surface area contributed by atoms with Crippen LogP contribution >= 0.6 is 0 Å². The van der Waals surface area contributed by atoms with E-state index in [0.717, 1.165) is 58.4 Å². The van der Waals surface area contributed by atoms with E-state index >= 15 is 0 Å². The van der Waals surface area contributed by atoms with Crippen LogP contribution in [-0.2, 0) is 6.54 Å². The molecule has 3 N–H and O–H groups in total. The maximum atomic E-state index is 13.1. The minimum Gasteiger partial charge on any atom is -0.508 e. The molecular formula is C36H36N4O6. The lowest BCUT2D eigenvalue weighted by atomic mass is 9.94. The summed E-state index contributed by atoms with van der Waals surface area (Å²) in [4.78, 5) is 17.2. The molecule has 3 heterocycles. The van der Waals surface area contributed by atoms with Crippen molar-refractivity contribution >= 4 is 16.9 Å². The number of fused-ring (bicyclic) bond motifs is 2. The second-order valence-electron chi connectivity index (χ2n) is 12.2. The van der Waals surface area contributed by atoms with Crippen molar-refractivity contribution in [2.24, 2.45) is 0 Å². The van der Waals surface area contributed by atoms with Crippen LogP contribution in [0.25, 0.3) is 33.2 Å². The Bertz CT molecular complexity index is 1930. The number of benzene rings is 4. The summed E-state index contributed by atoms with van der Waals surface area (Å²) in [7, 11) is 0. The lowest BCUT2D eigenvalue weighted by Crippen LogP contribution is -2.49. The highest BCUT2D eigenvalue weighted by Crippen LogP contribution is 2.42. The van der Waals surface area contributed by atoms with E-state index < -0.39 is 0 Å². The number of nitrogens with zero attached hydrogens (tertiary/aromatic N) is 3. The quantitative estimate of drug-likeness (QED) is 0.190. The molecule has 0 atom stereocenters. The molecule has 2 aliphatic rings. The van der Waals surface area contributed by atoms with Crippen molar-refractivity contribution in [1.82, 2.24) is 20.0 Å². The summed E-state index contributed by atoms with van der Waals surface area (Å²) in [6.07, 6.45) is -0.361. The monoisotopic (exact) mass is 620 g/mol. The molecule has 10 heteroatoms. The van der Waals surface area contributed by atoms with Gasteiger partial charge in [0.1, 0.15) is 22.9 Å². The Labute approximate surface area is 266 Å². The average Bonchev–Trinajstić information content (AvgIpc) is 3.66. The number of aromatic amines is 1. The van der Waals surface area contributed by atoms with Gasteiger partial charge >= 0.3 is 6.09 Å². The SMILES string of the molecule is Cc1[nH]nc(-c2cc(C(C)C)c(O)cc2O)c1-c1ccc(CN2CCN(C(=O)Oc3cccc4cc5c(cc34)OCO5)CC2)cc1. The lowest BCUT2D eigenvalue weighted by Gasteiger charge is -2.34. The predicted molar refractivity (Wildman–Crippen MR) is 175 cm³/mol. The Balaban J connectivity index is 0.997. The number of rotatable bonds is 6. The smallest absolute Gasteiger partial charge is 0.415 e. The molecule has 10 nitrogen and oxygen atoms in total. The van der Waals surface area contributed by atoms with E-state index in [1.807, 2.05) is 51.1 Å². The number of phenols is 2. The van der Waals surface area contributed by atoms with Crippen LogP contribution < -0.4 is 14.2 Å². The summed E-state index contributed by atoms with van der Waals surface area (Å²) in [6, 6.07) is 20.9. The van der Waals surface area contributed by atoms with Gasteiger partial charge in [-0.25, -0.2) is 4.79 Å². The van der Waals surface area contributed by atoms with Gasteiger partial charge in [0, 0.05) is 61.0 Å². The number of H-pyrrole nitrogens is 1. The fraction of sp³-hybridized carbons (Fsp3) is 0.278. The molecule has 0 unspecified atom stereocenters. The molecule has 1 saturated heterocycles. The van der Waals surface area contributed by atoms with E-state index in [1.165, 1.54) is 6.07 Å². The molecule has 1 amide bonds. The van der Waals surface area contributed by atoms with Gasteiger partial charge in [0.15, 0.2) is 11.5 Å². The van der Waals surface area contributed by atoms with Crippen LogP contribution in [-0.4, -0.2) is 69.3 Å². The summed E-state index contributed by atoms with van der Waals surface area (Å²) in [5.74, 6) is 1.99. The average molecular weight is 621 g/mol.